The Hall–Kier alpha value is -3.60. The Labute approximate surface area is 176 Å². The zero-order valence-corrected chi connectivity index (χ0v) is 17.2. The molecule has 0 spiro atoms. The summed E-state index contributed by atoms with van der Waals surface area (Å²) in [5.74, 6) is 0.916. The fourth-order valence-corrected chi connectivity index (χ4v) is 3.00. The van der Waals surface area contributed by atoms with Gasteiger partial charge in [-0.15, -0.1) is 0 Å². The van der Waals surface area contributed by atoms with Gasteiger partial charge in [-0.3, -0.25) is 9.59 Å². The molecule has 0 radical (unpaired) electrons. The highest BCUT2D eigenvalue weighted by atomic mass is 16.5. The van der Waals surface area contributed by atoms with Crippen LogP contribution >= 0.6 is 0 Å². The molecule has 0 heterocycles. The Kier molecular flexibility index (Phi) is 7.22. The third-order valence-electron chi connectivity index (χ3n) is 4.62. The first-order valence-electron chi connectivity index (χ1n) is 9.79. The number of carbonyl (C=O) groups is 2. The molecule has 0 atom stereocenters. The third kappa shape index (κ3) is 5.95. The fraction of sp³-hybridized carbons (Fsp3) is 0.200. The first kappa shape index (κ1) is 21.1. The van der Waals surface area contributed by atoms with Crippen molar-refractivity contribution in [1.29, 1.82) is 0 Å². The molecule has 5 nitrogen and oxygen atoms in total. The van der Waals surface area contributed by atoms with Gasteiger partial charge in [0.15, 0.2) is 5.78 Å². The minimum Gasteiger partial charge on any atom is -0.496 e. The molecule has 0 aliphatic carbocycles. The van der Waals surface area contributed by atoms with Crippen molar-refractivity contribution >= 4 is 17.4 Å². The molecular formula is C25H25NO4. The van der Waals surface area contributed by atoms with Crippen LogP contribution in [0.1, 0.15) is 34.3 Å². The molecule has 3 rings (SSSR count). The maximum atomic E-state index is 12.5. The predicted octanol–water partition coefficient (Wildman–Crippen LogP) is 5.18. The molecule has 154 valence electrons. The van der Waals surface area contributed by atoms with Crippen LogP contribution in [0.5, 0.6) is 11.5 Å². The smallest absolute Gasteiger partial charge is 0.224 e. The van der Waals surface area contributed by atoms with Gasteiger partial charge in [-0.05, 0) is 48.9 Å². The van der Waals surface area contributed by atoms with E-state index in [2.05, 4.69) is 5.32 Å². The number of amides is 1. The molecule has 30 heavy (non-hydrogen) atoms. The molecule has 0 bridgehead atoms. The first-order chi connectivity index (χ1) is 14.5. The van der Waals surface area contributed by atoms with Crippen molar-refractivity contribution in [3.8, 4) is 11.5 Å². The van der Waals surface area contributed by atoms with E-state index in [1.807, 2.05) is 43.3 Å². The highest BCUT2D eigenvalue weighted by Gasteiger charge is 2.14. The lowest BCUT2D eigenvalue weighted by Crippen LogP contribution is -2.14. The number of ether oxygens (including phenoxy) is 2. The van der Waals surface area contributed by atoms with Gasteiger partial charge in [0.05, 0.1) is 12.7 Å². The van der Waals surface area contributed by atoms with Crippen LogP contribution in [0.2, 0.25) is 0 Å². The van der Waals surface area contributed by atoms with Gasteiger partial charge in [0.1, 0.15) is 18.1 Å². The van der Waals surface area contributed by atoms with E-state index in [9.17, 15) is 9.59 Å². The second kappa shape index (κ2) is 10.3. The number of ketones is 1. The van der Waals surface area contributed by atoms with E-state index in [-0.39, 0.29) is 24.5 Å². The molecular weight excluding hydrogens is 378 g/mol. The summed E-state index contributed by atoms with van der Waals surface area (Å²) in [5.41, 5.74) is 3.22. The molecule has 0 unspecified atom stereocenters. The highest BCUT2D eigenvalue weighted by Crippen LogP contribution is 2.22. The highest BCUT2D eigenvalue weighted by molar-refractivity contribution is 6.01. The summed E-state index contributed by atoms with van der Waals surface area (Å²) >= 11 is 0. The van der Waals surface area contributed by atoms with Crippen LogP contribution in [0, 0.1) is 6.92 Å². The SMILES string of the molecule is COc1ccc(C)cc1C(=O)CCC(=O)Nc1ccc(OCc2ccccc2)cc1. The summed E-state index contributed by atoms with van der Waals surface area (Å²) in [6, 6.07) is 22.5. The van der Waals surface area contributed by atoms with E-state index in [0.717, 1.165) is 16.9 Å². The second-order valence-corrected chi connectivity index (χ2v) is 6.97. The Balaban J connectivity index is 1.49. The summed E-state index contributed by atoms with van der Waals surface area (Å²) in [4.78, 5) is 24.7. The molecule has 0 saturated carbocycles. The standard InChI is InChI=1S/C25H25NO4/c1-18-8-14-24(29-2)22(16-18)23(27)13-15-25(28)26-20-9-11-21(12-10-20)30-17-19-6-4-3-5-7-19/h3-12,14,16H,13,15,17H2,1-2H3,(H,26,28). The number of aryl methyl sites for hydroxylation is 1. The summed E-state index contributed by atoms with van der Waals surface area (Å²) in [5, 5.41) is 2.81. The number of anilines is 1. The molecule has 1 N–H and O–H groups in total. The molecule has 0 fully saturated rings. The summed E-state index contributed by atoms with van der Waals surface area (Å²) < 4.78 is 11.0. The van der Waals surface area contributed by atoms with E-state index < -0.39 is 0 Å². The molecule has 5 heteroatoms. The summed E-state index contributed by atoms with van der Waals surface area (Å²) in [7, 11) is 1.53. The van der Waals surface area contributed by atoms with Crippen molar-refractivity contribution in [1.82, 2.24) is 0 Å². The minimum atomic E-state index is -0.215. The van der Waals surface area contributed by atoms with Gasteiger partial charge >= 0.3 is 0 Å². The number of hydrogen-bond donors (Lipinski definition) is 1. The van der Waals surface area contributed by atoms with Crippen molar-refractivity contribution in [3.63, 3.8) is 0 Å². The van der Waals surface area contributed by atoms with Crippen LogP contribution in [-0.2, 0) is 11.4 Å². The number of benzene rings is 3. The Bertz CT molecular complexity index is 997. The fourth-order valence-electron chi connectivity index (χ4n) is 3.00. The molecule has 0 aliphatic rings. The summed E-state index contributed by atoms with van der Waals surface area (Å²) in [6.07, 6.45) is 0.214. The van der Waals surface area contributed by atoms with E-state index in [1.165, 1.54) is 7.11 Å². The van der Waals surface area contributed by atoms with Crippen molar-refractivity contribution in [2.75, 3.05) is 12.4 Å². The molecule has 0 aliphatic heterocycles. The zero-order valence-electron chi connectivity index (χ0n) is 17.2. The molecule has 3 aromatic carbocycles. The van der Waals surface area contributed by atoms with Crippen molar-refractivity contribution in [2.45, 2.75) is 26.4 Å². The van der Waals surface area contributed by atoms with E-state index in [4.69, 9.17) is 9.47 Å². The van der Waals surface area contributed by atoms with Gasteiger partial charge in [-0.25, -0.2) is 0 Å². The molecule has 1 amide bonds. The maximum absolute atomic E-state index is 12.5. The van der Waals surface area contributed by atoms with Crippen LogP contribution in [0.4, 0.5) is 5.69 Å². The average molecular weight is 403 g/mol. The van der Waals surface area contributed by atoms with Crippen LogP contribution < -0.4 is 14.8 Å². The number of Topliss-reactive ketones (excluding diaryl/α,β-unsaturated/α-hetero) is 1. The number of rotatable bonds is 9. The monoisotopic (exact) mass is 403 g/mol. The van der Waals surface area contributed by atoms with Gasteiger partial charge < -0.3 is 14.8 Å². The largest absolute Gasteiger partial charge is 0.496 e. The Morgan fingerprint density at radius 3 is 2.33 bits per heavy atom. The van der Waals surface area contributed by atoms with Crippen molar-refractivity contribution in [2.24, 2.45) is 0 Å². The lowest BCUT2D eigenvalue weighted by atomic mass is 10.0. The van der Waals surface area contributed by atoms with Crippen LogP contribution in [0.3, 0.4) is 0 Å². The Morgan fingerprint density at radius 1 is 0.900 bits per heavy atom. The van der Waals surface area contributed by atoms with Gasteiger partial charge in [0, 0.05) is 18.5 Å². The summed E-state index contributed by atoms with van der Waals surface area (Å²) in [6.45, 7) is 2.40. The topological polar surface area (TPSA) is 64.6 Å². The number of hydrogen-bond acceptors (Lipinski definition) is 4. The average Bonchev–Trinajstić information content (AvgIpc) is 2.77. The van der Waals surface area contributed by atoms with Gasteiger partial charge in [-0.2, -0.15) is 0 Å². The van der Waals surface area contributed by atoms with E-state index in [0.29, 0.717) is 23.6 Å². The van der Waals surface area contributed by atoms with Crippen LogP contribution in [0.25, 0.3) is 0 Å². The normalized spacial score (nSPS) is 10.3. The van der Waals surface area contributed by atoms with Crippen LogP contribution in [-0.4, -0.2) is 18.8 Å². The lowest BCUT2D eigenvalue weighted by molar-refractivity contribution is -0.116. The lowest BCUT2D eigenvalue weighted by Gasteiger charge is -2.10. The van der Waals surface area contributed by atoms with E-state index in [1.54, 1.807) is 36.4 Å². The molecule has 0 aromatic heterocycles. The van der Waals surface area contributed by atoms with Gasteiger partial charge in [-0.1, -0.05) is 42.0 Å². The first-order valence-corrected chi connectivity index (χ1v) is 9.79. The second-order valence-electron chi connectivity index (χ2n) is 6.97. The van der Waals surface area contributed by atoms with Gasteiger partial charge in [0.25, 0.3) is 0 Å². The maximum Gasteiger partial charge on any atom is 0.224 e. The van der Waals surface area contributed by atoms with E-state index >= 15 is 0 Å². The molecule has 3 aromatic rings. The minimum absolute atomic E-state index is 0.0994. The Morgan fingerprint density at radius 2 is 1.63 bits per heavy atom. The predicted molar refractivity (Wildman–Crippen MR) is 117 cm³/mol. The van der Waals surface area contributed by atoms with Crippen molar-refractivity contribution < 1.29 is 19.1 Å². The quantitative estimate of drug-likeness (QED) is 0.500. The number of carbonyl (C=O) groups excluding carboxylic acids is 2. The third-order valence-corrected chi connectivity index (χ3v) is 4.62. The zero-order chi connectivity index (χ0) is 21.3. The molecule has 0 saturated heterocycles. The van der Waals surface area contributed by atoms with Crippen LogP contribution in [0.15, 0.2) is 72.8 Å². The van der Waals surface area contributed by atoms with Crippen molar-refractivity contribution in [3.05, 3.63) is 89.5 Å². The number of methoxy groups -OCH3 is 1. The van der Waals surface area contributed by atoms with Gasteiger partial charge in [0.2, 0.25) is 5.91 Å². The number of nitrogens with one attached hydrogen (secondary N) is 1.